The maximum Gasteiger partial charge on any atom is 0.255 e. The summed E-state index contributed by atoms with van der Waals surface area (Å²) in [6, 6.07) is 12.6. The van der Waals surface area contributed by atoms with Gasteiger partial charge < -0.3 is 5.32 Å². The highest BCUT2D eigenvalue weighted by molar-refractivity contribution is 6.04. The van der Waals surface area contributed by atoms with Crippen molar-refractivity contribution in [3.63, 3.8) is 0 Å². The van der Waals surface area contributed by atoms with Crippen LogP contribution < -0.4 is 5.32 Å². The summed E-state index contributed by atoms with van der Waals surface area (Å²) in [7, 11) is 0. The Morgan fingerprint density at radius 1 is 1.14 bits per heavy atom. The second-order valence-electron chi connectivity index (χ2n) is 4.35. The van der Waals surface area contributed by atoms with Gasteiger partial charge >= 0.3 is 0 Å². The van der Waals surface area contributed by atoms with Crippen LogP contribution in [0.25, 0.3) is 5.69 Å². The molecule has 1 amide bonds. The van der Waals surface area contributed by atoms with Crippen molar-refractivity contribution in [2.24, 2.45) is 0 Å². The maximum absolute atomic E-state index is 13.1. The number of amides is 1. The van der Waals surface area contributed by atoms with Crippen LogP contribution >= 0.6 is 0 Å². The molecule has 1 aromatic heterocycles. The van der Waals surface area contributed by atoms with E-state index in [9.17, 15) is 9.18 Å². The Balaban J connectivity index is 1.75. The van der Waals surface area contributed by atoms with E-state index in [1.165, 1.54) is 24.5 Å². The normalized spacial score (nSPS) is 10.3. The minimum atomic E-state index is -0.441. The van der Waals surface area contributed by atoms with Crippen LogP contribution in [0.2, 0.25) is 0 Å². The molecule has 5 nitrogen and oxygen atoms in total. The van der Waals surface area contributed by atoms with E-state index in [2.05, 4.69) is 15.4 Å². The standard InChI is InChI=1S/C15H11FN4O/c16-12-3-1-2-11(8-12)15(21)19-13-4-6-14(7-5-13)20-10-17-9-18-20/h1-10H,(H,19,21). The van der Waals surface area contributed by atoms with Crippen molar-refractivity contribution in [2.45, 2.75) is 0 Å². The average Bonchev–Trinajstić information content (AvgIpc) is 3.02. The largest absolute Gasteiger partial charge is 0.322 e. The monoisotopic (exact) mass is 282 g/mol. The molecule has 0 atom stereocenters. The minimum Gasteiger partial charge on any atom is -0.322 e. The summed E-state index contributed by atoms with van der Waals surface area (Å²) in [6.07, 6.45) is 3.03. The summed E-state index contributed by atoms with van der Waals surface area (Å²) in [4.78, 5) is 15.8. The number of nitrogens with one attached hydrogen (secondary N) is 1. The molecule has 0 saturated carbocycles. The molecule has 6 heteroatoms. The van der Waals surface area contributed by atoms with Gasteiger partial charge in [-0.1, -0.05) is 6.07 Å². The summed E-state index contributed by atoms with van der Waals surface area (Å²) >= 11 is 0. The third-order valence-corrected chi connectivity index (χ3v) is 2.90. The number of nitrogens with zero attached hydrogens (tertiary/aromatic N) is 3. The zero-order valence-electron chi connectivity index (χ0n) is 10.9. The van der Waals surface area contributed by atoms with Crippen LogP contribution in [0.5, 0.6) is 0 Å². The van der Waals surface area contributed by atoms with E-state index in [1.807, 2.05) is 0 Å². The number of halogens is 1. The van der Waals surface area contributed by atoms with E-state index < -0.39 is 5.82 Å². The molecule has 104 valence electrons. The fourth-order valence-corrected chi connectivity index (χ4v) is 1.87. The van der Waals surface area contributed by atoms with E-state index in [0.29, 0.717) is 5.69 Å². The molecule has 0 radical (unpaired) electrons. The summed E-state index contributed by atoms with van der Waals surface area (Å²) in [5, 5.41) is 6.72. The quantitative estimate of drug-likeness (QED) is 0.803. The van der Waals surface area contributed by atoms with E-state index in [0.717, 1.165) is 5.69 Å². The van der Waals surface area contributed by atoms with Gasteiger partial charge in [-0.15, -0.1) is 0 Å². The molecule has 0 aliphatic heterocycles. The van der Waals surface area contributed by atoms with Gasteiger partial charge in [0, 0.05) is 11.3 Å². The first-order valence-corrected chi connectivity index (χ1v) is 6.24. The number of anilines is 1. The molecule has 0 bridgehead atoms. The van der Waals surface area contributed by atoms with E-state index in [4.69, 9.17) is 0 Å². The van der Waals surface area contributed by atoms with Crippen molar-refractivity contribution in [1.29, 1.82) is 0 Å². The summed E-state index contributed by atoms with van der Waals surface area (Å²) in [6.45, 7) is 0. The second-order valence-corrected chi connectivity index (χ2v) is 4.35. The highest BCUT2D eigenvalue weighted by atomic mass is 19.1. The zero-order chi connectivity index (χ0) is 14.7. The van der Waals surface area contributed by atoms with Gasteiger partial charge in [0.2, 0.25) is 0 Å². The van der Waals surface area contributed by atoms with Crippen molar-refractivity contribution in [1.82, 2.24) is 14.8 Å². The molecule has 3 rings (SSSR count). The number of hydrogen-bond donors (Lipinski definition) is 1. The molecule has 0 spiro atoms. The van der Waals surface area contributed by atoms with Crippen LogP contribution in [0, 0.1) is 5.82 Å². The van der Waals surface area contributed by atoms with E-state index >= 15 is 0 Å². The predicted molar refractivity (Wildman–Crippen MR) is 75.7 cm³/mol. The van der Waals surface area contributed by atoms with Gasteiger partial charge in [0.1, 0.15) is 18.5 Å². The van der Waals surface area contributed by atoms with Gasteiger partial charge in [0.25, 0.3) is 5.91 Å². The lowest BCUT2D eigenvalue weighted by Crippen LogP contribution is -2.12. The van der Waals surface area contributed by atoms with Gasteiger partial charge in [-0.3, -0.25) is 4.79 Å². The van der Waals surface area contributed by atoms with Gasteiger partial charge in [0.05, 0.1) is 5.69 Å². The highest BCUT2D eigenvalue weighted by Crippen LogP contribution is 2.14. The number of aromatic nitrogens is 3. The van der Waals surface area contributed by atoms with Crippen LogP contribution in [0.4, 0.5) is 10.1 Å². The molecular weight excluding hydrogens is 271 g/mol. The molecule has 0 aliphatic rings. The SMILES string of the molecule is O=C(Nc1ccc(-n2cncn2)cc1)c1cccc(F)c1. The van der Waals surface area contributed by atoms with Crippen LogP contribution in [-0.2, 0) is 0 Å². The molecule has 1 N–H and O–H groups in total. The first-order chi connectivity index (χ1) is 10.2. The molecule has 2 aromatic carbocycles. The highest BCUT2D eigenvalue weighted by Gasteiger charge is 2.07. The predicted octanol–water partition coefficient (Wildman–Crippen LogP) is 2.66. The first-order valence-electron chi connectivity index (χ1n) is 6.24. The Morgan fingerprint density at radius 3 is 2.62 bits per heavy atom. The smallest absolute Gasteiger partial charge is 0.255 e. The number of carbonyl (C=O) groups is 1. The Bertz CT molecular complexity index is 754. The molecule has 21 heavy (non-hydrogen) atoms. The zero-order valence-corrected chi connectivity index (χ0v) is 10.9. The number of benzene rings is 2. The maximum atomic E-state index is 13.1. The van der Waals surface area contributed by atoms with Gasteiger partial charge in [-0.25, -0.2) is 14.1 Å². The summed E-state index contributed by atoms with van der Waals surface area (Å²) in [5.41, 5.74) is 1.72. The van der Waals surface area contributed by atoms with Crippen molar-refractivity contribution in [3.05, 3.63) is 72.6 Å². The average molecular weight is 282 g/mol. The van der Waals surface area contributed by atoms with Crippen molar-refractivity contribution >= 4 is 11.6 Å². The van der Waals surface area contributed by atoms with E-state index in [1.54, 1.807) is 41.3 Å². The molecule has 0 unspecified atom stereocenters. The van der Waals surface area contributed by atoms with Crippen LogP contribution in [0.15, 0.2) is 61.2 Å². The topological polar surface area (TPSA) is 59.8 Å². The van der Waals surface area contributed by atoms with Crippen molar-refractivity contribution in [3.8, 4) is 5.69 Å². The Kier molecular flexibility index (Phi) is 3.42. The number of rotatable bonds is 3. The Morgan fingerprint density at radius 2 is 1.95 bits per heavy atom. The van der Waals surface area contributed by atoms with Crippen molar-refractivity contribution in [2.75, 3.05) is 5.32 Å². The lowest BCUT2D eigenvalue weighted by molar-refractivity contribution is 0.102. The fourth-order valence-electron chi connectivity index (χ4n) is 1.87. The second kappa shape index (κ2) is 5.54. The molecule has 0 aliphatic carbocycles. The van der Waals surface area contributed by atoms with Gasteiger partial charge in [-0.05, 0) is 42.5 Å². The third kappa shape index (κ3) is 2.94. The molecular formula is C15H11FN4O. The Hall–Kier alpha value is -3.02. The van der Waals surface area contributed by atoms with Crippen LogP contribution in [0.1, 0.15) is 10.4 Å². The summed E-state index contributed by atoms with van der Waals surface area (Å²) in [5.74, 6) is -0.799. The lowest BCUT2D eigenvalue weighted by atomic mass is 10.2. The minimum absolute atomic E-state index is 0.273. The number of hydrogen-bond acceptors (Lipinski definition) is 3. The first kappa shape index (κ1) is 13.0. The fraction of sp³-hybridized carbons (Fsp3) is 0. The molecule has 3 aromatic rings. The van der Waals surface area contributed by atoms with Gasteiger partial charge in [-0.2, -0.15) is 5.10 Å². The van der Waals surface area contributed by atoms with Crippen molar-refractivity contribution < 1.29 is 9.18 Å². The van der Waals surface area contributed by atoms with Crippen LogP contribution in [-0.4, -0.2) is 20.7 Å². The van der Waals surface area contributed by atoms with Crippen LogP contribution in [0.3, 0.4) is 0 Å². The molecule has 1 heterocycles. The van der Waals surface area contributed by atoms with E-state index in [-0.39, 0.29) is 11.5 Å². The number of carbonyl (C=O) groups excluding carboxylic acids is 1. The Labute approximate surface area is 120 Å². The molecule has 0 saturated heterocycles. The lowest BCUT2D eigenvalue weighted by Gasteiger charge is -2.06. The van der Waals surface area contributed by atoms with Gasteiger partial charge in [0.15, 0.2) is 0 Å². The third-order valence-electron chi connectivity index (χ3n) is 2.90. The summed E-state index contributed by atoms with van der Waals surface area (Å²) < 4.78 is 14.7. The molecule has 0 fully saturated rings.